The summed E-state index contributed by atoms with van der Waals surface area (Å²) in [5.74, 6) is 0.498. The first-order valence-electron chi connectivity index (χ1n) is 6.28. The lowest BCUT2D eigenvalue weighted by Gasteiger charge is -2.22. The van der Waals surface area contributed by atoms with Gasteiger partial charge in [-0.25, -0.2) is 0 Å². The molecule has 0 amide bonds. The molecule has 0 aliphatic carbocycles. The minimum absolute atomic E-state index is 0.498. The van der Waals surface area contributed by atoms with Gasteiger partial charge >= 0.3 is 0 Å². The molecule has 0 aromatic heterocycles. The molecule has 0 spiro atoms. The highest BCUT2D eigenvalue weighted by molar-refractivity contribution is 5.26. The summed E-state index contributed by atoms with van der Waals surface area (Å²) in [5.41, 5.74) is 8.63. The normalized spacial score (nSPS) is 18.9. The third kappa shape index (κ3) is 2.83. The van der Waals surface area contributed by atoms with Crippen molar-refractivity contribution < 1.29 is 0 Å². The van der Waals surface area contributed by atoms with E-state index in [-0.39, 0.29) is 0 Å². The third-order valence-corrected chi connectivity index (χ3v) is 3.48. The Kier molecular flexibility index (Phi) is 3.97. The van der Waals surface area contributed by atoms with E-state index < -0.39 is 0 Å². The van der Waals surface area contributed by atoms with Gasteiger partial charge in [0.25, 0.3) is 0 Å². The molecule has 88 valence electrons. The quantitative estimate of drug-likeness (QED) is 0.839. The number of aryl methyl sites for hydroxylation is 1. The molecule has 1 fully saturated rings. The van der Waals surface area contributed by atoms with Crippen LogP contribution in [0.3, 0.4) is 0 Å². The van der Waals surface area contributed by atoms with Crippen LogP contribution in [0, 0.1) is 6.92 Å². The van der Waals surface area contributed by atoms with Crippen molar-refractivity contribution in [2.45, 2.75) is 25.7 Å². The Hall–Kier alpha value is -0.860. The van der Waals surface area contributed by atoms with Gasteiger partial charge in [-0.15, -0.1) is 0 Å². The predicted molar refractivity (Wildman–Crippen MR) is 68.6 cm³/mol. The van der Waals surface area contributed by atoms with E-state index in [1.807, 2.05) is 0 Å². The van der Waals surface area contributed by atoms with Crippen molar-refractivity contribution in [3.05, 3.63) is 35.4 Å². The van der Waals surface area contributed by atoms with Crippen LogP contribution in [-0.2, 0) is 0 Å². The van der Waals surface area contributed by atoms with E-state index in [0.717, 1.165) is 13.1 Å². The molecule has 16 heavy (non-hydrogen) atoms. The molecule has 1 atom stereocenters. The van der Waals surface area contributed by atoms with Gasteiger partial charge in [0.15, 0.2) is 0 Å². The number of nitrogens with two attached hydrogens (primary N) is 1. The van der Waals surface area contributed by atoms with E-state index in [1.165, 1.54) is 37.1 Å². The lowest BCUT2D eigenvalue weighted by Crippen LogP contribution is -2.29. The van der Waals surface area contributed by atoms with E-state index in [9.17, 15) is 0 Å². The second-order valence-electron chi connectivity index (χ2n) is 4.85. The van der Waals surface area contributed by atoms with E-state index in [4.69, 9.17) is 5.73 Å². The molecule has 1 aromatic carbocycles. The lowest BCUT2D eigenvalue weighted by molar-refractivity contribution is 0.315. The van der Waals surface area contributed by atoms with Gasteiger partial charge in [-0.05, 0) is 38.4 Å². The lowest BCUT2D eigenvalue weighted by atomic mass is 9.97. The molecular formula is C14H22N2. The standard InChI is InChI=1S/C14H22N2/c1-12-5-4-6-13(9-12)14(10-15)11-16-7-2-3-8-16/h4-6,9,14H,2-3,7-8,10-11,15H2,1H3. The van der Waals surface area contributed by atoms with Crippen molar-refractivity contribution >= 4 is 0 Å². The van der Waals surface area contributed by atoms with Crippen LogP contribution in [0.4, 0.5) is 0 Å². The van der Waals surface area contributed by atoms with Gasteiger partial charge in [0.1, 0.15) is 0 Å². The average molecular weight is 218 g/mol. The maximum absolute atomic E-state index is 5.91. The van der Waals surface area contributed by atoms with Crippen molar-refractivity contribution in [3.63, 3.8) is 0 Å². The van der Waals surface area contributed by atoms with Gasteiger partial charge in [-0.3, -0.25) is 0 Å². The summed E-state index contributed by atoms with van der Waals surface area (Å²) < 4.78 is 0. The van der Waals surface area contributed by atoms with Gasteiger partial charge in [0.2, 0.25) is 0 Å². The van der Waals surface area contributed by atoms with Crippen molar-refractivity contribution in [2.24, 2.45) is 5.73 Å². The van der Waals surface area contributed by atoms with E-state index >= 15 is 0 Å². The third-order valence-electron chi connectivity index (χ3n) is 3.48. The average Bonchev–Trinajstić information content (AvgIpc) is 2.78. The Labute approximate surface area is 98.4 Å². The first kappa shape index (κ1) is 11.6. The van der Waals surface area contributed by atoms with Crippen LogP contribution in [0.5, 0.6) is 0 Å². The molecule has 1 aliphatic rings. The molecule has 1 aromatic rings. The number of hydrogen-bond donors (Lipinski definition) is 1. The van der Waals surface area contributed by atoms with Crippen LogP contribution in [0.1, 0.15) is 29.9 Å². The molecule has 0 saturated carbocycles. The molecule has 1 unspecified atom stereocenters. The molecule has 2 rings (SSSR count). The topological polar surface area (TPSA) is 29.3 Å². The van der Waals surface area contributed by atoms with Crippen LogP contribution in [0.2, 0.25) is 0 Å². The monoisotopic (exact) mass is 218 g/mol. The highest BCUT2D eigenvalue weighted by atomic mass is 15.1. The first-order chi connectivity index (χ1) is 7.79. The van der Waals surface area contributed by atoms with Gasteiger partial charge in [-0.2, -0.15) is 0 Å². The number of hydrogen-bond acceptors (Lipinski definition) is 2. The van der Waals surface area contributed by atoms with E-state index in [0.29, 0.717) is 5.92 Å². The second kappa shape index (κ2) is 5.46. The fourth-order valence-electron chi connectivity index (χ4n) is 2.52. The fraction of sp³-hybridized carbons (Fsp3) is 0.571. The molecule has 1 aliphatic heterocycles. The molecule has 2 heteroatoms. The number of nitrogens with zero attached hydrogens (tertiary/aromatic N) is 1. The SMILES string of the molecule is Cc1cccc(C(CN)CN2CCCC2)c1. The van der Waals surface area contributed by atoms with Crippen molar-refractivity contribution in [1.29, 1.82) is 0 Å². The van der Waals surface area contributed by atoms with Crippen LogP contribution in [-0.4, -0.2) is 31.1 Å². The number of rotatable bonds is 4. The Morgan fingerprint density at radius 3 is 2.69 bits per heavy atom. The summed E-state index contributed by atoms with van der Waals surface area (Å²) in [7, 11) is 0. The summed E-state index contributed by atoms with van der Waals surface area (Å²) in [6.45, 7) is 6.53. The second-order valence-corrected chi connectivity index (χ2v) is 4.85. The van der Waals surface area contributed by atoms with E-state index in [1.54, 1.807) is 0 Å². The Morgan fingerprint density at radius 1 is 1.31 bits per heavy atom. The zero-order chi connectivity index (χ0) is 11.4. The molecule has 2 N–H and O–H groups in total. The van der Waals surface area contributed by atoms with Crippen molar-refractivity contribution in [1.82, 2.24) is 4.90 Å². The van der Waals surface area contributed by atoms with Gasteiger partial charge in [0.05, 0.1) is 0 Å². The van der Waals surface area contributed by atoms with Gasteiger partial charge in [-0.1, -0.05) is 29.8 Å². The number of benzene rings is 1. The fourth-order valence-corrected chi connectivity index (χ4v) is 2.52. The number of likely N-dealkylation sites (tertiary alicyclic amines) is 1. The van der Waals surface area contributed by atoms with Crippen LogP contribution >= 0.6 is 0 Å². The zero-order valence-corrected chi connectivity index (χ0v) is 10.2. The smallest absolute Gasteiger partial charge is 0.00889 e. The highest BCUT2D eigenvalue weighted by Crippen LogP contribution is 2.19. The molecule has 1 heterocycles. The van der Waals surface area contributed by atoms with Crippen LogP contribution in [0.15, 0.2) is 24.3 Å². The predicted octanol–water partition coefficient (Wildman–Crippen LogP) is 2.13. The summed E-state index contributed by atoms with van der Waals surface area (Å²) in [6.07, 6.45) is 2.70. The van der Waals surface area contributed by atoms with E-state index in [2.05, 4.69) is 36.1 Å². The first-order valence-corrected chi connectivity index (χ1v) is 6.28. The van der Waals surface area contributed by atoms with Crippen LogP contribution < -0.4 is 5.73 Å². The summed E-state index contributed by atoms with van der Waals surface area (Å²) >= 11 is 0. The molecule has 0 radical (unpaired) electrons. The molecule has 0 bridgehead atoms. The molecule has 2 nitrogen and oxygen atoms in total. The Bertz CT molecular complexity index is 329. The minimum Gasteiger partial charge on any atom is -0.330 e. The zero-order valence-electron chi connectivity index (χ0n) is 10.2. The highest BCUT2D eigenvalue weighted by Gasteiger charge is 2.17. The van der Waals surface area contributed by atoms with Gasteiger partial charge < -0.3 is 10.6 Å². The summed E-state index contributed by atoms with van der Waals surface area (Å²) in [6, 6.07) is 8.76. The minimum atomic E-state index is 0.498. The van der Waals surface area contributed by atoms with Gasteiger partial charge in [0, 0.05) is 19.0 Å². The Balaban J connectivity index is 2.03. The summed E-state index contributed by atoms with van der Waals surface area (Å²) in [5, 5.41) is 0. The Morgan fingerprint density at radius 2 is 2.06 bits per heavy atom. The summed E-state index contributed by atoms with van der Waals surface area (Å²) in [4.78, 5) is 2.54. The van der Waals surface area contributed by atoms with Crippen LogP contribution in [0.25, 0.3) is 0 Å². The maximum atomic E-state index is 5.91. The molecular weight excluding hydrogens is 196 g/mol. The van der Waals surface area contributed by atoms with Crippen molar-refractivity contribution in [2.75, 3.05) is 26.2 Å². The largest absolute Gasteiger partial charge is 0.330 e. The molecule has 1 saturated heterocycles. The van der Waals surface area contributed by atoms with Crippen molar-refractivity contribution in [3.8, 4) is 0 Å². The maximum Gasteiger partial charge on any atom is 0.00889 e.